The van der Waals surface area contributed by atoms with Gasteiger partial charge in [0, 0.05) is 26.2 Å². The summed E-state index contributed by atoms with van der Waals surface area (Å²) in [6.45, 7) is 5.48. The molecule has 0 bridgehead atoms. The van der Waals surface area contributed by atoms with Crippen LogP contribution in [0.1, 0.15) is 36.5 Å². The van der Waals surface area contributed by atoms with E-state index in [9.17, 15) is 14.4 Å². The Morgan fingerprint density at radius 1 is 1.08 bits per heavy atom. The number of urea groups is 1. The van der Waals surface area contributed by atoms with E-state index in [2.05, 4.69) is 5.32 Å². The van der Waals surface area contributed by atoms with Gasteiger partial charge in [-0.25, -0.2) is 4.79 Å². The fourth-order valence-electron chi connectivity index (χ4n) is 4.42. The fourth-order valence-corrected chi connectivity index (χ4v) is 4.42. The van der Waals surface area contributed by atoms with Gasteiger partial charge in [0.1, 0.15) is 12.1 Å². The molecule has 0 saturated carbocycles. The van der Waals surface area contributed by atoms with Crippen LogP contribution in [0.15, 0.2) is 64.0 Å². The van der Waals surface area contributed by atoms with E-state index in [1.54, 1.807) is 17.0 Å². The average molecular weight is 492 g/mol. The number of carbonyl (C=O) groups excluding carboxylic acids is 2. The van der Waals surface area contributed by atoms with Gasteiger partial charge in [-0.05, 0) is 44.4 Å². The van der Waals surface area contributed by atoms with Crippen LogP contribution >= 0.6 is 0 Å². The van der Waals surface area contributed by atoms with Crippen molar-refractivity contribution in [3.05, 3.63) is 81.7 Å². The Morgan fingerprint density at radius 3 is 2.61 bits per heavy atom. The number of hydrogen-bond donors (Lipinski definition) is 1. The zero-order valence-electron chi connectivity index (χ0n) is 20.9. The molecule has 0 aliphatic carbocycles. The summed E-state index contributed by atoms with van der Waals surface area (Å²) in [5.41, 5.74) is 2.62. The number of benzene rings is 2. The minimum Gasteiger partial charge on any atom is -0.464 e. The van der Waals surface area contributed by atoms with Gasteiger partial charge in [0.15, 0.2) is 5.43 Å². The van der Waals surface area contributed by atoms with E-state index >= 15 is 0 Å². The molecular weight excluding hydrogens is 458 g/mol. The van der Waals surface area contributed by atoms with Crippen LogP contribution in [0.5, 0.6) is 0 Å². The lowest BCUT2D eigenvalue weighted by molar-refractivity contribution is -0.133. The minimum atomic E-state index is -0.304. The van der Waals surface area contributed by atoms with Crippen LogP contribution in [0.4, 0.5) is 4.79 Å². The molecule has 0 spiro atoms. The van der Waals surface area contributed by atoms with Crippen LogP contribution < -0.4 is 10.7 Å². The second-order valence-electron chi connectivity index (χ2n) is 9.18. The highest BCUT2D eigenvalue weighted by Gasteiger charge is 2.27. The Labute approximate surface area is 210 Å². The summed E-state index contributed by atoms with van der Waals surface area (Å²) >= 11 is 0. The smallest absolute Gasteiger partial charge is 0.317 e. The lowest BCUT2D eigenvalue weighted by atomic mass is 10.1. The number of amides is 3. The minimum absolute atomic E-state index is 0.0725. The highest BCUT2D eigenvalue weighted by molar-refractivity contribution is 5.84. The molecule has 1 aromatic heterocycles. The quantitative estimate of drug-likeness (QED) is 0.491. The molecule has 8 nitrogen and oxygen atoms in total. The van der Waals surface area contributed by atoms with Gasteiger partial charge in [0.05, 0.1) is 29.9 Å². The van der Waals surface area contributed by atoms with Crippen molar-refractivity contribution in [1.82, 2.24) is 15.1 Å². The third-order valence-corrected chi connectivity index (χ3v) is 6.32. The van der Waals surface area contributed by atoms with Crippen molar-refractivity contribution in [2.75, 3.05) is 26.2 Å². The maximum Gasteiger partial charge on any atom is 0.317 e. The molecule has 1 aliphatic rings. The molecule has 2 aromatic carbocycles. The number of hydrogen-bond acceptors (Lipinski definition) is 5. The first kappa shape index (κ1) is 25.4. The molecule has 8 heteroatoms. The number of rotatable bonds is 9. The number of ether oxygens (including phenoxy) is 1. The van der Waals surface area contributed by atoms with Crippen LogP contribution in [0.3, 0.4) is 0 Å². The van der Waals surface area contributed by atoms with Gasteiger partial charge >= 0.3 is 6.03 Å². The molecule has 2 heterocycles. The normalized spacial score (nSPS) is 15.1. The van der Waals surface area contributed by atoms with Crippen LogP contribution in [0, 0.1) is 6.92 Å². The van der Waals surface area contributed by atoms with Crippen molar-refractivity contribution < 1.29 is 18.7 Å². The van der Waals surface area contributed by atoms with Gasteiger partial charge in [-0.3, -0.25) is 9.59 Å². The van der Waals surface area contributed by atoms with Gasteiger partial charge in [-0.1, -0.05) is 42.0 Å². The summed E-state index contributed by atoms with van der Waals surface area (Å²) in [5.74, 6) is -0.258. The molecule has 4 rings (SSSR count). The Kier molecular flexibility index (Phi) is 8.38. The summed E-state index contributed by atoms with van der Waals surface area (Å²) in [5, 5.41) is 3.28. The lowest BCUT2D eigenvalue weighted by Crippen LogP contribution is -2.49. The first-order valence-electron chi connectivity index (χ1n) is 12.4. The van der Waals surface area contributed by atoms with E-state index in [1.807, 2.05) is 50.2 Å². The predicted molar refractivity (Wildman–Crippen MR) is 138 cm³/mol. The lowest BCUT2D eigenvalue weighted by Gasteiger charge is -2.29. The number of nitrogens with one attached hydrogen (secondary N) is 1. The molecule has 0 radical (unpaired) electrons. The molecule has 1 aliphatic heterocycles. The topological polar surface area (TPSA) is 92.1 Å². The standard InChI is InChI=1S/C28H33N3O5/c1-3-29-28(34)31(17-23-10-7-13-35-23)18-26(32)30(15-21-8-5-4-6-9-21)16-22-19-36-25-12-11-20(2)14-24(25)27(22)33/h4-6,8-9,11-12,14,19,23H,3,7,10,13,15-18H2,1-2H3,(H,29,34). The van der Waals surface area contributed by atoms with Crippen molar-refractivity contribution in [1.29, 1.82) is 0 Å². The predicted octanol–water partition coefficient (Wildman–Crippen LogP) is 3.84. The zero-order chi connectivity index (χ0) is 25.5. The van der Waals surface area contributed by atoms with Gasteiger partial charge in [-0.15, -0.1) is 0 Å². The van der Waals surface area contributed by atoms with Crippen molar-refractivity contribution in [3.8, 4) is 0 Å². The number of aryl methyl sites for hydroxylation is 1. The number of nitrogens with zero attached hydrogens (tertiary/aromatic N) is 2. The third-order valence-electron chi connectivity index (χ3n) is 6.32. The average Bonchev–Trinajstić information content (AvgIpc) is 3.39. The van der Waals surface area contributed by atoms with E-state index in [0.29, 0.717) is 42.8 Å². The second-order valence-corrected chi connectivity index (χ2v) is 9.18. The molecule has 36 heavy (non-hydrogen) atoms. The van der Waals surface area contributed by atoms with E-state index in [1.165, 1.54) is 11.2 Å². The maximum absolute atomic E-state index is 13.6. The highest BCUT2D eigenvalue weighted by Crippen LogP contribution is 2.17. The molecule has 1 unspecified atom stereocenters. The number of fused-ring (bicyclic) bond motifs is 1. The molecule has 190 valence electrons. The van der Waals surface area contributed by atoms with Crippen molar-refractivity contribution in [2.24, 2.45) is 0 Å². The SMILES string of the molecule is CCNC(=O)N(CC(=O)N(Cc1ccccc1)Cc1coc2ccc(C)cc2c1=O)CC1CCCO1. The first-order valence-corrected chi connectivity index (χ1v) is 12.4. The first-order chi connectivity index (χ1) is 17.4. The molecule has 1 fully saturated rings. The zero-order valence-corrected chi connectivity index (χ0v) is 20.9. The van der Waals surface area contributed by atoms with Gasteiger partial charge in [0.25, 0.3) is 0 Å². The maximum atomic E-state index is 13.6. The summed E-state index contributed by atoms with van der Waals surface area (Å²) in [7, 11) is 0. The van der Waals surface area contributed by atoms with Crippen molar-refractivity contribution in [3.63, 3.8) is 0 Å². The van der Waals surface area contributed by atoms with E-state index in [0.717, 1.165) is 24.0 Å². The van der Waals surface area contributed by atoms with Crippen LogP contribution in [-0.4, -0.2) is 54.1 Å². The Balaban J connectivity index is 1.60. The van der Waals surface area contributed by atoms with Crippen molar-refractivity contribution >= 4 is 22.9 Å². The van der Waals surface area contributed by atoms with E-state index in [4.69, 9.17) is 9.15 Å². The summed E-state index contributed by atoms with van der Waals surface area (Å²) < 4.78 is 11.4. The monoisotopic (exact) mass is 491 g/mol. The van der Waals surface area contributed by atoms with Crippen LogP contribution in [-0.2, 0) is 22.6 Å². The largest absolute Gasteiger partial charge is 0.464 e. The third kappa shape index (κ3) is 6.31. The van der Waals surface area contributed by atoms with E-state index in [-0.39, 0.29) is 36.6 Å². The fraction of sp³-hybridized carbons (Fsp3) is 0.393. The Hall–Kier alpha value is -3.65. The Bertz CT molecular complexity index is 1250. The summed E-state index contributed by atoms with van der Waals surface area (Å²) in [6, 6.07) is 14.7. The molecular formula is C28H33N3O5. The summed E-state index contributed by atoms with van der Waals surface area (Å²) in [4.78, 5) is 42.7. The van der Waals surface area contributed by atoms with Gasteiger partial charge in [-0.2, -0.15) is 0 Å². The van der Waals surface area contributed by atoms with Crippen molar-refractivity contribution in [2.45, 2.75) is 45.9 Å². The van der Waals surface area contributed by atoms with E-state index < -0.39 is 0 Å². The van der Waals surface area contributed by atoms with Gasteiger partial charge < -0.3 is 24.3 Å². The molecule has 1 saturated heterocycles. The Morgan fingerprint density at radius 2 is 1.89 bits per heavy atom. The van der Waals surface area contributed by atoms with Crippen LogP contribution in [0.2, 0.25) is 0 Å². The number of carbonyl (C=O) groups is 2. The molecule has 3 aromatic rings. The summed E-state index contributed by atoms with van der Waals surface area (Å²) in [6.07, 6.45) is 3.15. The van der Waals surface area contributed by atoms with Gasteiger partial charge in [0.2, 0.25) is 5.91 Å². The highest BCUT2D eigenvalue weighted by atomic mass is 16.5. The second kappa shape index (κ2) is 11.9. The van der Waals surface area contributed by atoms with Crippen LogP contribution in [0.25, 0.3) is 11.0 Å². The molecule has 1 atom stereocenters. The molecule has 1 N–H and O–H groups in total. The molecule has 3 amide bonds.